The SMILES string of the molecule is COCc1cccc(CNc2cc(C)ncn2)c1. The minimum Gasteiger partial charge on any atom is -0.380 e. The van der Waals surface area contributed by atoms with E-state index in [1.807, 2.05) is 19.1 Å². The Hall–Kier alpha value is -1.94. The van der Waals surface area contributed by atoms with Crippen LogP contribution < -0.4 is 5.32 Å². The average molecular weight is 243 g/mol. The van der Waals surface area contributed by atoms with Gasteiger partial charge in [-0.2, -0.15) is 0 Å². The van der Waals surface area contributed by atoms with E-state index >= 15 is 0 Å². The third-order valence-electron chi connectivity index (χ3n) is 2.58. The van der Waals surface area contributed by atoms with Gasteiger partial charge in [-0.25, -0.2) is 9.97 Å². The number of nitrogens with zero attached hydrogens (tertiary/aromatic N) is 2. The second kappa shape index (κ2) is 6.12. The molecule has 0 amide bonds. The number of rotatable bonds is 5. The topological polar surface area (TPSA) is 47.0 Å². The Bertz CT molecular complexity index is 514. The van der Waals surface area contributed by atoms with E-state index in [1.54, 1.807) is 13.4 Å². The van der Waals surface area contributed by atoms with Crippen molar-refractivity contribution in [1.82, 2.24) is 9.97 Å². The van der Waals surface area contributed by atoms with E-state index in [1.165, 1.54) is 11.1 Å². The second-order valence-corrected chi connectivity index (χ2v) is 4.15. The van der Waals surface area contributed by atoms with Crippen molar-refractivity contribution in [2.24, 2.45) is 0 Å². The number of aryl methyl sites for hydroxylation is 1. The second-order valence-electron chi connectivity index (χ2n) is 4.15. The quantitative estimate of drug-likeness (QED) is 0.876. The van der Waals surface area contributed by atoms with Crippen LogP contribution in [0.3, 0.4) is 0 Å². The summed E-state index contributed by atoms with van der Waals surface area (Å²) in [6.07, 6.45) is 1.57. The molecule has 1 aromatic heterocycles. The molecule has 4 nitrogen and oxygen atoms in total. The lowest BCUT2D eigenvalue weighted by Crippen LogP contribution is -2.02. The van der Waals surface area contributed by atoms with Crippen molar-refractivity contribution in [2.75, 3.05) is 12.4 Å². The predicted molar refractivity (Wildman–Crippen MR) is 71.3 cm³/mol. The minimum atomic E-state index is 0.639. The minimum absolute atomic E-state index is 0.639. The highest BCUT2D eigenvalue weighted by Gasteiger charge is 1.98. The van der Waals surface area contributed by atoms with Crippen LogP contribution in [0, 0.1) is 6.92 Å². The van der Waals surface area contributed by atoms with E-state index in [-0.39, 0.29) is 0 Å². The Kier molecular flexibility index (Phi) is 4.25. The van der Waals surface area contributed by atoms with Crippen LogP contribution in [0.5, 0.6) is 0 Å². The molecule has 0 aliphatic heterocycles. The smallest absolute Gasteiger partial charge is 0.129 e. The maximum absolute atomic E-state index is 5.12. The van der Waals surface area contributed by atoms with Gasteiger partial charge in [-0.1, -0.05) is 24.3 Å². The van der Waals surface area contributed by atoms with Gasteiger partial charge >= 0.3 is 0 Å². The fourth-order valence-electron chi connectivity index (χ4n) is 1.74. The van der Waals surface area contributed by atoms with E-state index in [0.717, 1.165) is 18.1 Å². The molecule has 2 rings (SSSR count). The molecule has 0 saturated heterocycles. The van der Waals surface area contributed by atoms with Crippen molar-refractivity contribution in [3.8, 4) is 0 Å². The summed E-state index contributed by atoms with van der Waals surface area (Å²) < 4.78 is 5.12. The maximum atomic E-state index is 5.12. The number of methoxy groups -OCH3 is 1. The van der Waals surface area contributed by atoms with Crippen molar-refractivity contribution in [3.05, 3.63) is 53.5 Å². The first-order valence-electron chi connectivity index (χ1n) is 5.87. The molecular formula is C14H17N3O. The Morgan fingerprint density at radius 2 is 2.00 bits per heavy atom. The molecule has 0 saturated carbocycles. The molecule has 0 radical (unpaired) electrons. The number of aromatic nitrogens is 2. The van der Waals surface area contributed by atoms with Gasteiger partial charge in [0, 0.05) is 25.4 Å². The van der Waals surface area contributed by atoms with E-state index in [2.05, 4.69) is 33.5 Å². The molecule has 1 N–H and O–H groups in total. The third-order valence-corrected chi connectivity index (χ3v) is 2.58. The lowest BCUT2D eigenvalue weighted by Gasteiger charge is -2.07. The molecule has 4 heteroatoms. The van der Waals surface area contributed by atoms with Crippen LogP contribution in [0.1, 0.15) is 16.8 Å². The summed E-state index contributed by atoms with van der Waals surface area (Å²) in [7, 11) is 1.70. The number of ether oxygens (including phenoxy) is 1. The summed E-state index contributed by atoms with van der Waals surface area (Å²) in [4.78, 5) is 8.23. The zero-order valence-electron chi connectivity index (χ0n) is 10.7. The van der Waals surface area contributed by atoms with Crippen LogP contribution in [0.15, 0.2) is 36.7 Å². The van der Waals surface area contributed by atoms with Crippen molar-refractivity contribution >= 4 is 5.82 Å². The van der Waals surface area contributed by atoms with Crippen LogP contribution in [-0.2, 0) is 17.9 Å². The number of anilines is 1. The summed E-state index contributed by atoms with van der Waals surface area (Å²) in [6, 6.07) is 10.2. The number of hydrogen-bond acceptors (Lipinski definition) is 4. The first kappa shape index (κ1) is 12.5. The Morgan fingerprint density at radius 3 is 2.78 bits per heavy atom. The first-order valence-corrected chi connectivity index (χ1v) is 5.87. The van der Waals surface area contributed by atoms with Gasteiger partial charge in [0.2, 0.25) is 0 Å². The molecule has 0 spiro atoms. The summed E-state index contributed by atoms with van der Waals surface area (Å²) in [5, 5.41) is 3.28. The molecular weight excluding hydrogens is 226 g/mol. The van der Waals surface area contributed by atoms with Gasteiger partial charge in [-0.15, -0.1) is 0 Å². The fourth-order valence-corrected chi connectivity index (χ4v) is 1.74. The van der Waals surface area contributed by atoms with Crippen molar-refractivity contribution in [3.63, 3.8) is 0 Å². The van der Waals surface area contributed by atoms with Gasteiger partial charge in [0.05, 0.1) is 6.61 Å². The van der Waals surface area contributed by atoms with Crippen molar-refractivity contribution in [1.29, 1.82) is 0 Å². The zero-order valence-corrected chi connectivity index (χ0v) is 10.7. The van der Waals surface area contributed by atoms with Gasteiger partial charge in [-0.05, 0) is 18.1 Å². The standard InChI is InChI=1S/C14H17N3O/c1-11-6-14(17-10-16-11)15-8-12-4-3-5-13(7-12)9-18-2/h3-7,10H,8-9H2,1-2H3,(H,15,16,17). The van der Waals surface area contributed by atoms with E-state index in [4.69, 9.17) is 4.74 Å². The number of hydrogen-bond donors (Lipinski definition) is 1. The molecule has 0 aliphatic rings. The van der Waals surface area contributed by atoms with E-state index in [9.17, 15) is 0 Å². The molecule has 0 fully saturated rings. The molecule has 0 unspecified atom stereocenters. The largest absolute Gasteiger partial charge is 0.380 e. The molecule has 0 aliphatic carbocycles. The van der Waals surface area contributed by atoms with Crippen LogP contribution >= 0.6 is 0 Å². The highest BCUT2D eigenvalue weighted by molar-refractivity contribution is 5.36. The molecule has 18 heavy (non-hydrogen) atoms. The number of nitrogens with one attached hydrogen (secondary N) is 1. The summed E-state index contributed by atoms with van der Waals surface area (Å²) in [5.41, 5.74) is 3.34. The van der Waals surface area contributed by atoms with Crippen LogP contribution in [0.2, 0.25) is 0 Å². The summed E-state index contributed by atoms with van der Waals surface area (Å²) in [6.45, 7) is 3.33. The maximum Gasteiger partial charge on any atom is 0.129 e. The molecule has 0 atom stereocenters. The fraction of sp³-hybridized carbons (Fsp3) is 0.286. The molecule has 2 aromatic rings. The molecule has 1 heterocycles. The van der Waals surface area contributed by atoms with Gasteiger partial charge in [-0.3, -0.25) is 0 Å². The zero-order chi connectivity index (χ0) is 12.8. The van der Waals surface area contributed by atoms with Crippen molar-refractivity contribution in [2.45, 2.75) is 20.1 Å². The van der Waals surface area contributed by atoms with Gasteiger partial charge < -0.3 is 10.1 Å². The van der Waals surface area contributed by atoms with Gasteiger partial charge in [0.25, 0.3) is 0 Å². The monoisotopic (exact) mass is 243 g/mol. The summed E-state index contributed by atoms with van der Waals surface area (Å²) >= 11 is 0. The Labute approximate surface area is 107 Å². The Morgan fingerprint density at radius 1 is 1.17 bits per heavy atom. The highest BCUT2D eigenvalue weighted by Crippen LogP contribution is 2.09. The average Bonchev–Trinajstić information content (AvgIpc) is 2.37. The molecule has 94 valence electrons. The summed E-state index contributed by atoms with van der Waals surface area (Å²) in [5.74, 6) is 0.847. The van der Waals surface area contributed by atoms with Gasteiger partial charge in [0.1, 0.15) is 12.1 Å². The Balaban J connectivity index is 1.99. The van der Waals surface area contributed by atoms with Crippen LogP contribution in [0.25, 0.3) is 0 Å². The predicted octanol–water partition coefficient (Wildman–Crippen LogP) is 2.54. The lowest BCUT2D eigenvalue weighted by atomic mass is 10.1. The van der Waals surface area contributed by atoms with Crippen molar-refractivity contribution < 1.29 is 4.74 Å². The van der Waals surface area contributed by atoms with Crippen LogP contribution in [-0.4, -0.2) is 17.1 Å². The van der Waals surface area contributed by atoms with Gasteiger partial charge in [0.15, 0.2) is 0 Å². The number of benzene rings is 1. The lowest BCUT2D eigenvalue weighted by molar-refractivity contribution is 0.185. The first-order chi connectivity index (χ1) is 8.78. The molecule has 1 aromatic carbocycles. The van der Waals surface area contributed by atoms with Crippen LogP contribution in [0.4, 0.5) is 5.82 Å². The normalized spacial score (nSPS) is 10.3. The highest BCUT2D eigenvalue weighted by atomic mass is 16.5. The van der Waals surface area contributed by atoms with E-state index < -0.39 is 0 Å². The third kappa shape index (κ3) is 3.53. The molecule has 0 bridgehead atoms. The van der Waals surface area contributed by atoms with E-state index in [0.29, 0.717) is 6.61 Å².